The van der Waals surface area contributed by atoms with Crippen LogP contribution >= 0.6 is 0 Å². The average molecular weight is 1030 g/mol. The number of aliphatic hydroxyl groups excluding tert-OH is 2. The minimum Gasteiger partial charge on any atom is -0.459 e. The van der Waals surface area contributed by atoms with Gasteiger partial charge in [0.25, 0.3) is 0 Å². The molecule has 0 aromatic heterocycles. The molecule has 5 aromatic carbocycles. The highest BCUT2D eigenvalue weighted by Gasteiger charge is 2.65. The number of fused-ring (bicyclic) bond motifs is 3. The molecule has 1 saturated carbocycles. The molecular weight excluding hydrogens is 951 g/mol. The van der Waals surface area contributed by atoms with Gasteiger partial charge < -0.3 is 39.5 Å². The van der Waals surface area contributed by atoms with Gasteiger partial charge in [-0.2, -0.15) is 0 Å². The van der Waals surface area contributed by atoms with Crippen molar-refractivity contribution in [3.05, 3.63) is 168 Å². The molecule has 11 nitrogen and oxygen atoms in total. The van der Waals surface area contributed by atoms with Gasteiger partial charge in [0.05, 0.1) is 18.2 Å². The Hall–Kier alpha value is -6.27. The first-order valence-electron chi connectivity index (χ1n) is 28.4. The van der Waals surface area contributed by atoms with Crippen LogP contribution in [0.3, 0.4) is 0 Å². The summed E-state index contributed by atoms with van der Waals surface area (Å²) in [5.41, 5.74) is 5.50. The van der Waals surface area contributed by atoms with Crippen LogP contribution in [-0.4, -0.2) is 64.5 Å². The molecule has 0 unspecified atom stereocenters. The summed E-state index contributed by atoms with van der Waals surface area (Å²) in [4.78, 5) is 37.6. The number of aliphatic hydroxyl groups is 2. The maximum Gasteiger partial charge on any atom is 0.412 e. The molecule has 0 bridgehead atoms. The monoisotopic (exact) mass is 1030 g/mol. The van der Waals surface area contributed by atoms with Gasteiger partial charge in [-0.15, -0.1) is 6.58 Å². The number of benzene rings is 5. The Morgan fingerprint density at radius 1 is 0.789 bits per heavy atom. The van der Waals surface area contributed by atoms with E-state index in [-0.39, 0.29) is 56.5 Å². The van der Waals surface area contributed by atoms with Gasteiger partial charge in [-0.05, 0) is 95.2 Å². The van der Waals surface area contributed by atoms with Crippen LogP contribution in [0.25, 0.3) is 10.8 Å². The lowest BCUT2D eigenvalue weighted by Crippen LogP contribution is -2.70. The molecular formula is C65H81N3O8. The van der Waals surface area contributed by atoms with E-state index >= 15 is 4.79 Å². The van der Waals surface area contributed by atoms with Gasteiger partial charge in [0, 0.05) is 50.6 Å². The number of oxime groups is 1. The minimum atomic E-state index is -1.45. The summed E-state index contributed by atoms with van der Waals surface area (Å²) >= 11 is 0. The van der Waals surface area contributed by atoms with Crippen molar-refractivity contribution in [3.63, 3.8) is 0 Å². The number of carbonyl (C=O) groups is 2. The lowest BCUT2D eigenvalue weighted by Gasteiger charge is -2.60. The molecule has 404 valence electrons. The standard InChI is InChI=1S/C65H81N3O8/c1-3-5-6-7-8-9-10-11-18-36-61(71)68(46-52-33-25-32-50-30-19-20-34-54(50)52)60-44-58(67-74-47-49-28-16-13-17-29-49)56-42-51(31-21-23-39-69)55(35-22-24-40-70)62-57-43-53(75-64(72)66-45-48-26-14-12-15-27-48)37-38-59(57)76-65(60,63(56)62)73-41-4-2/h4,12-17,19-20,25-30,32-34,37-38,42-43,51,55,60,62-63,69-70H,2-3,5-11,18,21-24,31,35-36,39-41,44-47H2,1H3,(H,66,72)/t51-,55+,60-,62+,63+,65+/m0/s1. The van der Waals surface area contributed by atoms with Gasteiger partial charge >= 0.3 is 6.09 Å². The number of nitrogens with one attached hydrogen (secondary N) is 1. The number of unbranched alkanes of at least 4 members (excludes halogenated alkanes) is 10. The van der Waals surface area contributed by atoms with Crippen LogP contribution in [0, 0.1) is 17.8 Å². The van der Waals surface area contributed by atoms with Crippen LogP contribution in [0.1, 0.15) is 144 Å². The number of nitrogens with zero attached hydrogens (tertiary/aromatic N) is 2. The Balaban J connectivity index is 1.26. The number of allylic oxidation sites excluding steroid dienone is 1. The molecule has 0 radical (unpaired) electrons. The van der Waals surface area contributed by atoms with Crippen LogP contribution in [0.4, 0.5) is 4.79 Å². The van der Waals surface area contributed by atoms with E-state index in [0.717, 1.165) is 89.3 Å². The number of rotatable bonds is 30. The van der Waals surface area contributed by atoms with Crippen molar-refractivity contribution in [2.45, 2.75) is 154 Å². The predicted octanol–water partition coefficient (Wildman–Crippen LogP) is 13.9. The predicted molar refractivity (Wildman–Crippen MR) is 302 cm³/mol. The first kappa shape index (κ1) is 55.9. The Morgan fingerprint density at radius 3 is 2.21 bits per heavy atom. The smallest absolute Gasteiger partial charge is 0.412 e. The normalized spacial score (nSPS) is 21.0. The topological polar surface area (TPSA) is 139 Å². The van der Waals surface area contributed by atoms with Gasteiger partial charge in [0.2, 0.25) is 11.7 Å². The van der Waals surface area contributed by atoms with Crippen molar-refractivity contribution >= 4 is 28.5 Å². The van der Waals surface area contributed by atoms with Gasteiger partial charge in [-0.25, -0.2) is 4.79 Å². The Labute approximate surface area is 451 Å². The fraction of sp³-hybridized carbons (Fsp3) is 0.462. The summed E-state index contributed by atoms with van der Waals surface area (Å²) in [5.74, 6) is -1.27. The first-order chi connectivity index (χ1) is 37.4. The Morgan fingerprint density at radius 2 is 1.47 bits per heavy atom. The van der Waals surface area contributed by atoms with Crippen LogP contribution in [0.2, 0.25) is 0 Å². The van der Waals surface area contributed by atoms with Gasteiger partial charge in [0.1, 0.15) is 24.1 Å². The maximum absolute atomic E-state index is 15.6. The molecule has 1 fully saturated rings. The third kappa shape index (κ3) is 14.2. The number of hydrogen-bond acceptors (Lipinski definition) is 9. The van der Waals surface area contributed by atoms with Gasteiger partial charge in [0.15, 0.2) is 0 Å². The summed E-state index contributed by atoms with van der Waals surface area (Å²) in [6.45, 7) is 7.56. The highest BCUT2D eigenvalue weighted by Crippen LogP contribution is 2.62. The molecule has 3 N–H and O–H groups in total. The molecule has 76 heavy (non-hydrogen) atoms. The molecule has 5 aromatic rings. The zero-order chi connectivity index (χ0) is 53.0. The summed E-state index contributed by atoms with van der Waals surface area (Å²) in [6.07, 6.45) is 18.9. The maximum atomic E-state index is 15.6. The molecule has 3 aliphatic rings. The van der Waals surface area contributed by atoms with E-state index in [0.29, 0.717) is 43.9 Å². The highest BCUT2D eigenvalue weighted by atomic mass is 16.7. The fourth-order valence-electron chi connectivity index (χ4n) is 12.1. The third-order valence-corrected chi connectivity index (χ3v) is 15.8. The number of carbonyl (C=O) groups excluding carboxylic acids is 2. The van der Waals surface area contributed by atoms with E-state index in [1.165, 1.54) is 38.5 Å². The van der Waals surface area contributed by atoms with E-state index < -0.39 is 23.8 Å². The molecule has 0 spiro atoms. The lowest BCUT2D eigenvalue weighted by atomic mass is 9.55. The van der Waals surface area contributed by atoms with Crippen molar-refractivity contribution < 1.29 is 38.9 Å². The lowest BCUT2D eigenvalue weighted by molar-refractivity contribution is -0.258. The summed E-state index contributed by atoms with van der Waals surface area (Å²) < 4.78 is 21.0. The molecule has 11 heteroatoms. The molecule has 8 rings (SSSR count). The summed E-state index contributed by atoms with van der Waals surface area (Å²) in [5, 5.41) is 30.4. The Kier molecular flexibility index (Phi) is 21.2. The summed E-state index contributed by atoms with van der Waals surface area (Å²) in [6, 6.07) is 39.3. The van der Waals surface area contributed by atoms with Crippen molar-refractivity contribution in [1.29, 1.82) is 0 Å². The SMILES string of the molecule is C=CCO[C@@]12Oc3ccc(OC(=O)NCc4ccccc4)cc3[C@H]3[C@H](CCCCO)[C@@H](CCCCO)C=C(C(=NOCc4ccccc4)C[C@@H]1N(Cc1cccc4ccccc14)C(=O)CCCCCCCCCCC)[C@H]32. The summed E-state index contributed by atoms with van der Waals surface area (Å²) in [7, 11) is 0. The largest absolute Gasteiger partial charge is 0.459 e. The Bertz CT molecular complexity index is 2690. The number of amides is 2. The van der Waals surface area contributed by atoms with Crippen LogP contribution in [-0.2, 0) is 34.1 Å². The van der Waals surface area contributed by atoms with E-state index in [1.54, 1.807) is 12.1 Å². The number of hydrogen-bond donors (Lipinski definition) is 3. The van der Waals surface area contributed by atoms with E-state index in [4.69, 9.17) is 24.2 Å². The van der Waals surface area contributed by atoms with E-state index in [1.807, 2.05) is 89.8 Å². The van der Waals surface area contributed by atoms with Crippen molar-refractivity contribution in [1.82, 2.24) is 10.2 Å². The van der Waals surface area contributed by atoms with Crippen molar-refractivity contribution in [2.24, 2.45) is 22.9 Å². The minimum absolute atomic E-state index is 0.00932. The molecule has 0 saturated heterocycles. The fourth-order valence-corrected chi connectivity index (χ4v) is 12.1. The third-order valence-electron chi connectivity index (χ3n) is 15.8. The quantitative estimate of drug-likeness (QED) is 0.0235. The van der Waals surface area contributed by atoms with Crippen LogP contribution in [0.15, 0.2) is 151 Å². The second kappa shape index (κ2) is 28.7. The van der Waals surface area contributed by atoms with Gasteiger partial charge in [-0.1, -0.05) is 192 Å². The average Bonchev–Trinajstić information content (AvgIpc) is 3.64. The second-order valence-electron chi connectivity index (χ2n) is 21.0. The number of ether oxygens (including phenoxy) is 3. The molecule has 6 atom stereocenters. The molecule has 2 amide bonds. The van der Waals surface area contributed by atoms with Crippen LogP contribution in [0.5, 0.6) is 11.5 Å². The second-order valence-corrected chi connectivity index (χ2v) is 21.0. The van der Waals surface area contributed by atoms with E-state index in [9.17, 15) is 15.0 Å². The zero-order valence-corrected chi connectivity index (χ0v) is 44.8. The van der Waals surface area contributed by atoms with Crippen molar-refractivity contribution in [3.8, 4) is 11.5 Å². The molecule has 1 heterocycles. The van der Waals surface area contributed by atoms with Gasteiger partial charge in [-0.3, -0.25) is 4.79 Å². The van der Waals surface area contributed by atoms with Crippen LogP contribution < -0.4 is 14.8 Å². The zero-order valence-electron chi connectivity index (χ0n) is 44.8. The first-order valence-corrected chi connectivity index (χ1v) is 28.4. The highest BCUT2D eigenvalue weighted by molar-refractivity contribution is 6.03. The molecule has 1 aliphatic heterocycles. The molecule has 2 aliphatic carbocycles. The van der Waals surface area contributed by atoms with Crippen molar-refractivity contribution in [2.75, 3.05) is 19.8 Å². The van der Waals surface area contributed by atoms with E-state index in [2.05, 4.69) is 55.2 Å².